The van der Waals surface area contributed by atoms with Crippen molar-refractivity contribution in [3.8, 4) is 11.3 Å². The second kappa shape index (κ2) is 7.47. The number of pyridine rings is 1. The molecule has 1 aliphatic heterocycles. The van der Waals surface area contributed by atoms with E-state index in [2.05, 4.69) is 10.1 Å². The molecule has 0 N–H and O–H groups in total. The highest BCUT2D eigenvalue weighted by Gasteiger charge is 2.33. The average Bonchev–Trinajstić information content (AvgIpc) is 3.13. The molecule has 0 bridgehead atoms. The van der Waals surface area contributed by atoms with Gasteiger partial charge in [0.2, 0.25) is 0 Å². The van der Waals surface area contributed by atoms with Crippen molar-refractivity contribution in [2.24, 2.45) is 7.05 Å². The van der Waals surface area contributed by atoms with Crippen LogP contribution in [0.1, 0.15) is 34.6 Å². The molecule has 8 heteroatoms. The Morgan fingerprint density at radius 1 is 1.09 bits per heavy atom. The van der Waals surface area contributed by atoms with E-state index < -0.39 is 17.5 Å². The SMILES string of the molecule is C[C@@H]1c2nn(C)c(-c3cc(F)c(F)c(F)c3)c2CCN1C(=O)c1ccc2ncccc2c1. The third-order valence-electron chi connectivity index (χ3n) is 6.01. The van der Waals surface area contributed by atoms with Gasteiger partial charge in [-0.3, -0.25) is 14.5 Å². The first-order chi connectivity index (χ1) is 15.3. The van der Waals surface area contributed by atoms with Crippen LogP contribution in [0.25, 0.3) is 22.2 Å². The van der Waals surface area contributed by atoms with Gasteiger partial charge < -0.3 is 4.90 Å². The first-order valence-electron chi connectivity index (χ1n) is 10.2. The number of aromatic nitrogens is 3. The lowest BCUT2D eigenvalue weighted by Crippen LogP contribution is -2.38. The van der Waals surface area contributed by atoms with Crippen molar-refractivity contribution in [1.29, 1.82) is 0 Å². The van der Waals surface area contributed by atoms with Crippen molar-refractivity contribution in [3.63, 3.8) is 0 Å². The molecule has 1 amide bonds. The predicted octanol–water partition coefficient (Wildman–Crippen LogP) is 4.81. The van der Waals surface area contributed by atoms with E-state index in [0.29, 0.717) is 29.9 Å². The molecule has 2 aromatic carbocycles. The molecule has 0 saturated heterocycles. The van der Waals surface area contributed by atoms with E-state index >= 15 is 0 Å². The lowest BCUT2D eigenvalue weighted by molar-refractivity contribution is 0.0674. The number of rotatable bonds is 2. The molecule has 2 aromatic heterocycles. The highest BCUT2D eigenvalue weighted by molar-refractivity contribution is 5.98. The molecule has 0 unspecified atom stereocenters. The van der Waals surface area contributed by atoms with E-state index in [1.165, 1.54) is 4.68 Å². The van der Waals surface area contributed by atoms with Gasteiger partial charge in [-0.15, -0.1) is 0 Å². The van der Waals surface area contributed by atoms with Crippen LogP contribution in [0.5, 0.6) is 0 Å². The number of hydrogen-bond donors (Lipinski definition) is 0. The predicted molar refractivity (Wildman–Crippen MR) is 113 cm³/mol. The molecule has 5 rings (SSSR count). The highest BCUT2D eigenvalue weighted by atomic mass is 19.2. The number of halogens is 3. The third-order valence-corrected chi connectivity index (χ3v) is 6.01. The second-order valence-electron chi connectivity index (χ2n) is 7.93. The van der Waals surface area contributed by atoms with E-state index in [-0.39, 0.29) is 17.5 Å². The summed E-state index contributed by atoms with van der Waals surface area (Å²) >= 11 is 0. The summed E-state index contributed by atoms with van der Waals surface area (Å²) in [5.41, 5.74) is 3.57. The zero-order valence-electron chi connectivity index (χ0n) is 17.4. The van der Waals surface area contributed by atoms with E-state index in [9.17, 15) is 18.0 Å². The number of aryl methyl sites for hydroxylation is 1. The lowest BCUT2D eigenvalue weighted by atomic mass is 9.95. The minimum atomic E-state index is -1.50. The van der Waals surface area contributed by atoms with Crippen LogP contribution in [0, 0.1) is 17.5 Å². The van der Waals surface area contributed by atoms with Gasteiger partial charge in [0.15, 0.2) is 17.5 Å². The molecular weight excluding hydrogens is 417 g/mol. The van der Waals surface area contributed by atoms with Crippen molar-refractivity contribution < 1.29 is 18.0 Å². The molecule has 0 fully saturated rings. The Balaban J connectivity index is 1.51. The normalized spacial score (nSPS) is 15.8. The largest absolute Gasteiger partial charge is 0.330 e. The molecule has 162 valence electrons. The standard InChI is InChI=1S/C24H19F3N4O/c1-13-22-17(23(30(2)29-22)16-11-18(25)21(27)19(26)12-16)7-9-31(13)24(32)15-5-6-20-14(10-15)4-3-8-28-20/h3-6,8,10-13H,7,9H2,1-2H3/t13-/m1/s1. The van der Waals surface area contributed by atoms with Crippen LogP contribution in [-0.2, 0) is 13.5 Å². The van der Waals surface area contributed by atoms with Crippen LogP contribution in [0.2, 0.25) is 0 Å². The van der Waals surface area contributed by atoms with Gasteiger partial charge in [-0.1, -0.05) is 6.07 Å². The van der Waals surface area contributed by atoms with E-state index in [1.807, 2.05) is 31.2 Å². The molecule has 4 aromatic rings. The van der Waals surface area contributed by atoms with Gasteiger partial charge in [-0.25, -0.2) is 13.2 Å². The highest BCUT2D eigenvalue weighted by Crippen LogP contribution is 2.37. The van der Waals surface area contributed by atoms with Gasteiger partial charge in [-0.2, -0.15) is 5.10 Å². The molecule has 0 aliphatic carbocycles. The van der Waals surface area contributed by atoms with Gasteiger partial charge in [0.25, 0.3) is 5.91 Å². The molecular formula is C24H19F3N4O. The van der Waals surface area contributed by atoms with Gasteiger partial charge in [0.05, 0.1) is 22.9 Å². The van der Waals surface area contributed by atoms with Crippen molar-refractivity contribution in [1.82, 2.24) is 19.7 Å². The summed E-state index contributed by atoms with van der Waals surface area (Å²) in [5, 5.41) is 5.42. The monoisotopic (exact) mass is 436 g/mol. The van der Waals surface area contributed by atoms with Gasteiger partial charge >= 0.3 is 0 Å². The summed E-state index contributed by atoms with van der Waals surface area (Å²) in [6, 6.07) is 10.7. The van der Waals surface area contributed by atoms with Gasteiger partial charge in [0, 0.05) is 41.9 Å². The summed E-state index contributed by atoms with van der Waals surface area (Å²) in [6.45, 7) is 2.30. The maximum atomic E-state index is 13.8. The summed E-state index contributed by atoms with van der Waals surface area (Å²) in [7, 11) is 1.67. The Morgan fingerprint density at radius 2 is 1.84 bits per heavy atom. The molecule has 0 spiro atoms. The van der Waals surface area contributed by atoms with Gasteiger partial charge in [0.1, 0.15) is 0 Å². The second-order valence-corrected chi connectivity index (χ2v) is 7.93. The smallest absolute Gasteiger partial charge is 0.254 e. The molecule has 3 heterocycles. The fourth-order valence-electron chi connectivity index (χ4n) is 4.45. The Morgan fingerprint density at radius 3 is 2.59 bits per heavy atom. The number of carbonyl (C=O) groups is 1. The molecule has 0 saturated carbocycles. The number of nitrogens with zero attached hydrogens (tertiary/aromatic N) is 4. The van der Waals surface area contributed by atoms with E-state index in [1.54, 1.807) is 24.2 Å². The number of carbonyl (C=O) groups excluding carboxylic acids is 1. The molecule has 5 nitrogen and oxygen atoms in total. The summed E-state index contributed by atoms with van der Waals surface area (Å²) in [5.74, 6) is -4.12. The van der Waals surface area contributed by atoms with Crippen LogP contribution >= 0.6 is 0 Å². The number of benzene rings is 2. The van der Waals surface area contributed by atoms with Crippen LogP contribution < -0.4 is 0 Å². The molecule has 32 heavy (non-hydrogen) atoms. The quantitative estimate of drug-likeness (QED) is 0.424. The third kappa shape index (κ3) is 3.14. The zero-order valence-corrected chi connectivity index (χ0v) is 17.4. The Hall–Kier alpha value is -3.68. The van der Waals surface area contributed by atoms with Crippen LogP contribution in [-0.4, -0.2) is 32.1 Å². The van der Waals surface area contributed by atoms with Crippen molar-refractivity contribution >= 4 is 16.8 Å². The molecule has 1 atom stereocenters. The number of hydrogen-bond acceptors (Lipinski definition) is 3. The fourth-order valence-corrected chi connectivity index (χ4v) is 4.45. The zero-order chi connectivity index (χ0) is 22.6. The van der Waals surface area contributed by atoms with Crippen LogP contribution in [0.3, 0.4) is 0 Å². The van der Waals surface area contributed by atoms with E-state index in [4.69, 9.17) is 0 Å². The average molecular weight is 436 g/mol. The summed E-state index contributed by atoms with van der Waals surface area (Å²) in [6.07, 6.45) is 2.17. The van der Waals surface area contributed by atoms with Crippen molar-refractivity contribution in [2.75, 3.05) is 6.54 Å². The van der Waals surface area contributed by atoms with Crippen molar-refractivity contribution in [3.05, 3.63) is 82.9 Å². The minimum Gasteiger partial charge on any atom is -0.330 e. The molecule has 1 aliphatic rings. The topological polar surface area (TPSA) is 51.0 Å². The maximum absolute atomic E-state index is 13.8. The van der Waals surface area contributed by atoms with E-state index in [0.717, 1.165) is 28.6 Å². The van der Waals surface area contributed by atoms with Gasteiger partial charge in [-0.05, 0) is 49.7 Å². The Labute approximate surface area is 182 Å². The maximum Gasteiger partial charge on any atom is 0.254 e. The number of amides is 1. The van der Waals surface area contributed by atoms with Crippen molar-refractivity contribution in [2.45, 2.75) is 19.4 Å². The Bertz CT molecular complexity index is 1360. The molecule has 0 radical (unpaired) electrons. The lowest BCUT2D eigenvalue weighted by Gasteiger charge is -2.33. The van der Waals surface area contributed by atoms with Crippen LogP contribution in [0.4, 0.5) is 13.2 Å². The summed E-state index contributed by atoms with van der Waals surface area (Å²) < 4.78 is 42.6. The first kappa shape index (κ1) is 20.2. The Kier molecular flexibility index (Phi) is 4.73. The first-order valence-corrected chi connectivity index (χ1v) is 10.2. The fraction of sp³-hybridized carbons (Fsp3) is 0.208. The summed E-state index contributed by atoms with van der Waals surface area (Å²) in [4.78, 5) is 19.3. The number of fused-ring (bicyclic) bond motifs is 2. The van der Waals surface area contributed by atoms with Crippen LogP contribution in [0.15, 0.2) is 48.7 Å². The minimum absolute atomic E-state index is 0.125.